The maximum absolute atomic E-state index is 11.5. The molecule has 3 heterocycles. The lowest BCUT2D eigenvalue weighted by atomic mass is 10.0. The minimum Gasteiger partial charge on any atom is -0.493 e. The highest BCUT2D eigenvalue weighted by Crippen LogP contribution is 2.23. The number of rotatable bonds is 6. The molecule has 10 heteroatoms. The smallest absolute Gasteiger partial charge is 0.326 e. The molecule has 0 aliphatic heterocycles. The van der Waals surface area contributed by atoms with E-state index in [1.165, 1.54) is 5.56 Å². The van der Waals surface area contributed by atoms with Crippen molar-refractivity contribution in [2.75, 3.05) is 5.32 Å². The number of hydrogen-bond acceptors (Lipinski definition) is 7. The number of aromatic amines is 2. The molecule has 1 unspecified atom stereocenters. The summed E-state index contributed by atoms with van der Waals surface area (Å²) < 4.78 is 1.59. The number of fused-ring (bicyclic) bond motifs is 1. The summed E-state index contributed by atoms with van der Waals surface area (Å²) in [6.45, 7) is 4.17. The van der Waals surface area contributed by atoms with Crippen molar-refractivity contribution >= 4 is 17.7 Å². The summed E-state index contributed by atoms with van der Waals surface area (Å²) in [4.78, 5) is 30.4. The number of nitrogens with one attached hydrogen (secondary N) is 3. The Kier molecular flexibility index (Phi) is 4.96. The van der Waals surface area contributed by atoms with Crippen molar-refractivity contribution in [2.45, 2.75) is 45.2 Å². The SMILES string of the molecule is CCC(Nc1nc(=NC2CC2)n2ncc(=Cc3[nH]c(=O)[nH]c3O)c2n1)c1ccc(C)cc1. The van der Waals surface area contributed by atoms with Crippen LogP contribution >= 0.6 is 0 Å². The van der Waals surface area contributed by atoms with Gasteiger partial charge in [-0.15, -0.1) is 0 Å². The lowest BCUT2D eigenvalue weighted by Gasteiger charge is -2.17. The first-order valence-electron chi connectivity index (χ1n) is 10.7. The largest absolute Gasteiger partial charge is 0.493 e. The molecule has 164 valence electrons. The number of aryl methyl sites for hydroxylation is 1. The van der Waals surface area contributed by atoms with Gasteiger partial charge in [0, 0.05) is 5.22 Å². The first kappa shape index (κ1) is 20.0. The van der Waals surface area contributed by atoms with Crippen LogP contribution in [0.4, 0.5) is 5.95 Å². The normalized spacial score (nSPS) is 16.1. The van der Waals surface area contributed by atoms with Gasteiger partial charge in [-0.05, 0) is 37.8 Å². The Hall–Kier alpha value is -3.95. The van der Waals surface area contributed by atoms with E-state index < -0.39 is 5.69 Å². The number of aromatic nitrogens is 6. The van der Waals surface area contributed by atoms with E-state index in [0.29, 0.717) is 22.4 Å². The summed E-state index contributed by atoms with van der Waals surface area (Å²) in [5, 5.41) is 18.4. The van der Waals surface area contributed by atoms with Crippen LogP contribution in [0.1, 0.15) is 49.0 Å². The number of aromatic hydroxyl groups is 1. The van der Waals surface area contributed by atoms with Gasteiger partial charge in [0.15, 0.2) is 5.65 Å². The van der Waals surface area contributed by atoms with Crippen LogP contribution < -0.4 is 21.8 Å². The average molecular weight is 432 g/mol. The lowest BCUT2D eigenvalue weighted by Crippen LogP contribution is -2.25. The fourth-order valence-electron chi connectivity index (χ4n) is 3.52. The molecule has 4 N–H and O–H groups in total. The molecule has 1 fully saturated rings. The number of imidazole rings is 1. The molecule has 5 rings (SSSR count). The Labute approximate surface area is 182 Å². The molecule has 3 aromatic heterocycles. The van der Waals surface area contributed by atoms with E-state index in [1.54, 1.807) is 16.8 Å². The molecule has 10 nitrogen and oxygen atoms in total. The Balaban J connectivity index is 1.62. The van der Waals surface area contributed by atoms with Crippen LogP contribution in [0.25, 0.3) is 11.7 Å². The van der Waals surface area contributed by atoms with Crippen molar-refractivity contribution in [1.82, 2.24) is 29.5 Å². The van der Waals surface area contributed by atoms with Crippen LogP contribution in [0.5, 0.6) is 5.88 Å². The zero-order valence-corrected chi connectivity index (χ0v) is 17.8. The predicted molar refractivity (Wildman–Crippen MR) is 119 cm³/mol. The van der Waals surface area contributed by atoms with E-state index >= 15 is 0 Å². The Morgan fingerprint density at radius 2 is 2.06 bits per heavy atom. The molecule has 0 spiro atoms. The Morgan fingerprint density at radius 3 is 2.72 bits per heavy atom. The van der Waals surface area contributed by atoms with Gasteiger partial charge < -0.3 is 15.4 Å². The van der Waals surface area contributed by atoms with Gasteiger partial charge in [0.05, 0.1) is 18.3 Å². The van der Waals surface area contributed by atoms with E-state index in [0.717, 1.165) is 24.8 Å². The number of H-pyrrole nitrogens is 2. The molecule has 0 saturated heterocycles. The second-order valence-electron chi connectivity index (χ2n) is 8.04. The Bertz CT molecular complexity index is 1440. The standard InChI is InChI=1S/C22H24N8O2/c1-3-16(13-6-4-12(2)5-7-13)25-20-27-18-14(10-17-19(31)28-22(32)26-17)11-23-30(18)21(29-20)24-15-8-9-15/h4-7,10-11,15-16,31H,3,8-9H2,1-2H3,(H,24,25,29)(H2,26,28,32). The Morgan fingerprint density at radius 1 is 1.28 bits per heavy atom. The first-order chi connectivity index (χ1) is 15.5. The molecule has 0 amide bonds. The van der Waals surface area contributed by atoms with E-state index in [-0.39, 0.29) is 23.7 Å². The summed E-state index contributed by atoms with van der Waals surface area (Å²) in [6, 6.07) is 8.67. The topological polar surface area (TPSA) is 136 Å². The van der Waals surface area contributed by atoms with Crippen LogP contribution in [0.3, 0.4) is 0 Å². The second kappa shape index (κ2) is 7.95. The second-order valence-corrected chi connectivity index (χ2v) is 8.04. The fourth-order valence-corrected chi connectivity index (χ4v) is 3.52. The average Bonchev–Trinajstić information content (AvgIpc) is 3.41. The van der Waals surface area contributed by atoms with Crippen LogP contribution in [0, 0.1) is 6.92 Å². The van der Waals surface area contributed by atoms with E-state index in [4.69, 9.17) is 9.98 Å². The lowest BCUT2D eigenvalue weighted by molar-refractivity contribution is 0.454. The van der Waals surface area contributed by atoms with Crippen LogP contribution in [-0.2, 0) is 0 Å². The monoisotopic (exact) mass is 432 g/mol. The first-order valence-corrected chi connectivity index (χ1v) is 10.7. The van der Waals surface area contributed by atoms with Crippen LogP contribution in [0.2, 0.25) is 0 Å². The van der Waals surface area contributed by atoms with Crippen molar-refractivity contribution in [3.63, 3.8) is 0 Å². The number of hydrogen-bond donors (Lipinski definition) is 4. The third-order valence-electron chi connectivity index (χ3n) is 5.45. The molecule has 1 aromatic carbocycles. The summed E-state index contributed by atoms with van der Waals surface area (Å²) >= 11 is 0. The predicted octanol–water partition coefficient (Wildman–Crippen LogP) is 1.33. The molecule has 1 saturated carbocycles. The van der Waals surface area contributed by atoms with Gasteiger partial charge in [0.25, 0.3) is 5.62 Å². The zero-order chi connectivity index (χ0) is 22.2. The minimum atomic E-state index is -0.490. The number of benzene rings is 1. The van der Waals surface area contributed by atoms with Crippen molar-refractivity contribution in [3.05, 3.63) is 68.6 Å². The molecule has 1 aliphatic rings. The quantitative estimate of drug-likeness (QED) is 0.363. The highest BCUT2D eigenvalue weighted by Gasteiger charge is 2.21. The molecule has 32 heavy (non-hydrogen) atoms. The zero-order valence-electron chi connectivity index (χ0n) is 17.8. The van der Waals surface area contributed by atoms with Crippen molar-refractivity contribution < 1.29 is 5.11 Å². The summed E-state index contributed by atoms with van der Waals surface area (Å²) in [7, 11) is 0. The van der Waals surface area contributed by atoms with Gasteiger partial charge in [-0.2, -0.15) is 19.6 Å². The van der Waals surface area contributed by atoms with Crippen molar-refractivity contribution in [1.29, 1.82) is 0 Å². The van der Waals surface area contributed by atoms with Crippen LogP contribution in [0.15, 0.2) is 40.2 Å². The summed E-state index contributed by atoms with van der Waals surface area (Å²) in [5.74, 6) is 0.210. The van der Waals surface area contributed by atoms with E-state index in [2.05, 4.69) is 63.5 Å². The van der Waals surface area contributed by atoms with Gasteiger partial charge in [-0.3, -0.25) is 4.98 Å². The van der Waals surface area contributed by atoms with Gasteiger partial charge in [-0.1, -0.05) is 36.8 Å². The highest BCUT2D eigenvalue weighted by atomic mass is 16.3. The number of nitrogens with zero attached hydrogens (tertiary/aromatic N) is 5. The fraction of sp³-hybridized carbons (Fsp3) is 0.318. The molecule has 1 aliphatic carbocycles. The molecular formula is C22H24N8O2. The number of anilines is 1. The maximum Gasteiger partial charge on any atom is 0.326 e. The van der Waals surface area contributed by atoms with Gasteiger partial charge in [0.1, 0.15) is 5.69 Å². The van der Waals surface area contributed by atoms with Gasteiger partial charge in [-0.25, -0.2) is 9.79 Å². The summed E-state index contributed by atoms with van der Waals surface area (Å²) in [6.07, 6.45) is 6.15. The molecule has 0 radical (unpaired) electrons. The molecule has 1 atom stereocenters. The molecule has 4 aromatic rings. The van der Waals surface area contributed by atoms with Crippen molar-refractivity contribution in [3.8, 4) is 5.88 Å². The molecular weight excluding hydrogens is 408 g/mol. The minimum absolute atomic E-state index is 0.0345. The maximum atomic E-state index is 11.5. The van der Waals surface area contributed by atoms with Crippen LogP contribution in [-0.4, -0.2) is 40.7 Å². The van der Waals surface area contributed by atoms with Gasteiger partial charge in [0.2, 0.25) is 11.8 Å². The van der Waals surface area contributed by atoms with E-state index in [9.17, 15) is 9.90 Å². The third-order valence-corrected chi connectivity index (χ3v) is 5.45. The van der Waals surface area contributed by atoms with Crippen molar-refractivity contribution in [2.24, 2.45) is 4.99 Å². The highest BCUT2D eigenvalue weighted by molar-refractivity contribution is 5.57. The third kappa shape index (κ3) is 3.98. The molecule has 0 bridgehead atoms. The van der Waals surface area contributed by atoms with E-state index in [1.807, 2.05) is 0 Å². The summed E-state index contributed by atoms with van der Waals surface area (Å²) in [5.41, 5.74) is 3.13. The van der Waals surface area contributed by atoms with Gasteiger partial charge >= 0.3 is 5.69 Å².